The predicted molar refractivity (Wildman–Crippen MR) is 130 cm³/mol. The van der Waals surface area contributed by atoms with Crippen LogP contribution in [0.4, 0.5) is 0 Å². The van der Waals surface area contributed by atoms with E-state index in [1.54, 1.807) is 12.1 Å². The summed E-state index contributed by atoms with van der Waals surface area (Å²) in [5.41, 5.74) is 3.65. The SMILES string of the molecule is C=C1C[C@H]2[C@H](C(=O)O)[C@@H](C)C[C@]23c2c(c4ccccc4n2S(=O)(=O)c2ccc(C)cc2)CCN13. The van der Waals surface area contributed by atoms with Crippen molar-refractivity contribution in [3.8, 4) is 0 Å². The molecule has 1 spiro atoms. The van der Waals surface area contributed by atoms with Crippen molar-refractivity contribution >= 4 is 26.9 Å². The van der Waals surface area contributed by atoms with Gasteiger partial charge in [-0.05, 0) is 55.9 Å². The number of para-hydroxylation sites is 1. The lowest BCUT2D eigenvalue weighted by atomic mass is 9.77. The molecule has 34 heavy (non-hydrogen) atoms. The molecular formula is C27H28N2O4S. The second kappa shape index (κ2) is 6.98. The second-order valence-corrected chi connectivity index (χ2v) is 12.0. The molecule has 1 aliphatic carbocycles. The van der Waals surface area contributed by atoms with Crippen molar-refractivity contribution in [3.63, 3.8) is 0 Å². The summed E-state index contributed by atoms with van der Waals surface area (Å²) in [6.45, 7) is 8.94. The fourth-order valence-electron chi connectivity index (χ4n) is 7.14. The van der Waals surface area contributed by atoms with E-state index in [-0.39, 0.29) is 16.7 Å². The summed E-state index contributed by atoms with van der Waals surface area (Å²) in [6, 6.07) is 14.6. The van der Waals surface area contributed by atoms with Crippen molar-refractivity contribution in [2.75, 3.05) is 6.54 Å². The Labute approximate surface area is 199 Å². The molecular weight excluding hydrogens is 448 g/mol. The van der Waals surface area contributed by atoms with E-state index < -0.39 is 27.4 Å². The Morgan fingerprint density at radius 2 is 1.85 bits per heavy atom. The molecule has 7 heteroatoms. The highest BCUT2D eigenvalue weighted by Crippen LogP contribution is 2.64. The average molecular weight is 477 g/mol. The molecule has 1 saturated carbocycles. The maximum atomic E-state index is 14.3. The van der Waals surface area contributed by atoms with Gasteiger partial charge in [0.25, 0.3) is 10.0 Å². The zero-order valence-corrected chi connectivity index (χ0v) is 20.2. The third-order valence-corrected chi connectivity index (χ3v) is 10.1. The second-order valence-electron chi connectivity index (χ2n) is 10.2. The normalized spacial score (nSPS) is 28.1. The summed E-state index contributed by atoms with van der Waals surface area (Å²) in [5.74, 6) is -1.64. The van der Waals surface area contributed by atoms with Crippen LogP contribution in [0, 0.1) is 24.7 Å². The monoisotopic (exact) mass is 476 g/mol. The van der Waals surface area contributed by atoms with Crippen LogP contribution in [0.5, 0.6) is 0 Å². The number of fused-ring (bicyclic) bond motifs is 3. The van der Waals surface area contributed by atoms with Crippen LogP contribution in [-0.4, -0.2) is 34.9 Å². The Hall–Kier alpha value is -3.06. The molecule has 2 aliphatic heterocycles. The van der Waals surface area contributed by atoms with Gasteiger partial charge in [0.1, 0.15) is 0 Å². The van der Waals surface area contributed by atoms with Crippen molar-refractivity contribution < 1.29 is 18.3 Å². The molecule has 0 radical (unpaired) electrons. The smallest absolute Gasteiger partial charge is 0.307 e. The summed E-state index contributed by atoms with van der Waals surface area (Å²) in [4.78, 5) is 14.9. The zero-order chi connectivity index (χ0) is 24.0. The fraction of sp³-hybridized carbons (Fsp3) is 0.370. The first-order valence-electron chi connectivity index (χ1n) is 11.8. The molecule has 176 valence electrons. The predicted octanol–water partition coefficient (Wildman–Crippen LogP) is 4.51. The molecule has 1 saturated heterocycles. The van der Waals surface area contributed by atoms with Gasteiger partial charge in [0.05, 0.1) is 27.6 Å². The van der Waals surface area contributed by atoms with Crippen molar-refractivity contribution in [2.45, 2.75) is 43.5 Å². The summed E-state index contributed by atoms with van der Waals surface area (Å²) >= 11 is 0. The van der Waals surface area contributed by atoms with Crippen molar-refractivity contribution in [3.05, 3.63) is 77.6 Å². The highest BCUT2D eigenvalue weighted by atomic mass is 32.2. The first-order valence-corrected chi connectivity index (χ1v) is 13.2. The number of carbonyl (C=O) groups is 1. The van der Waals surface area contributed by atoms with Crippen LogP contribution in [0.1, 0.15) is 36.6 Å². The average Bonchev–Trinajstić information content (AvgIpc) is 3.37. The molecule has 1 N–H and O–H groups in total. The highest BCUT2D eigenvalue weighted by molar-refractivity contribution is 7.90. The number of aliphatic carboxylic acids is 1. The number of hydrogen-bond donors (Lipinski definition) is 1. The van der Waals surface area contributed by atoms with E-state index in [4.69, 9.17) is 0 Å². The minimum Gasteiger partial charge on any atom is -0.481 e. The number of hydrogen-bond acceptors (Lipinski definition) is 4. The molecule has 2 aromatic carbocycles. The Kier molecular flexibility index (Phi) is 4.41. The fourth-order valence-corrected chi connectivity index (χ4v) is 8.76. The molecule has 3 aliphatic rings. The molecule has 3 heterocycles. The molecule has 1 aromatic heterocycles. The topological polar surface area (TPSA) is 79.6 Å². The van der Waals surface area contributed by atoms with Crippen LogP contribution in [0.15, 0.2) is 65.7 Å². The van der Waals surface area contributed by atoms with Gasteiger partial charge in [0, 0.05) is 23.5 Å². The van der Waals surface area contributed by atoms with Gasteiger partial charge in [-0.25, -0.2) is 12.4 Å². The number of rotatable bonds is 3. The van der Waals surface area contributed by atoms with Gasteiger partial charge in [-0.2, -0.15) is 0 Å². The number of nitrogens with zero attached hydrogens (tertiary/aromatic N) is 2. The van der Waals surface area contributed by atoms with Gasteiger partial charge >= 0.3 is 5.97 Å². The molecule has 6 nitrogen and oxygen atoms in total. The molecule has 0 bridgehead atoms. The van der Waals surface area contributed by atoms with Crippen LogP contribution < -0.4 is 0 Å². The number of allylic oxidation sites excluding steroid dienone is 1. The van der Waals surface area contributed by atoms with E-state index in [0.717, 1.165) is 34.4 Å². The van der Waals surface area contributed by atoms with Crippen LogP contribution >= 0.6 is 0 Å². The van der Waals surface area contributed by atoms with E-state index in [2.05, 4.69) is 11.5 Å². The van der Waals surface area contributed by atoms with Crippen LogP contribution in [0.25, 0.3) is 10.9 Å². The van der Waals surface area contributed by atoms with Crippen LogP contribution in [-0.2, 0) is 26.8 Å². The lowest BCUT2D eigenvalue weighted by molar-refractivity contribution is -0.144. The maximum absolute atomic E-state index is 14.3. The van der Waals surface area contributed by atoms with Gasteiger partial charge < -0.3 is 10.0 Å². The highest BCUT2D eigenvalue weighted by Gasteiger charge is 2.65. The number of carboxylic acid groups (broad SMARTS) is 1. The molecule has 6 rings (SSSR count). The van der Waals surface area contributed by atoms with E-state index in [9.17, 15) is 18.3 Å². The van der Waals surface area contributed by atoms with E-state index >= 15 is 0 Å². The van der Waals surface area contributed by atoms with Gasteiger partial charge in [-0.3, -0.25) is 4.79 Å². The lowest BCUT2D eigenvalue weighted by Crippen LogP contribution is -2.49. The summed E-state index contributed by atoms with van der Waals surface area (Å²) in [5, 5.41) is 11.1. The number of carboxylic acids is 1. The zero-order valence-electron chi connectivity index (χ0n) is 19.4. The number of aromatic nitrogens is 1. The summed E-state index contributed by atoms with van der Waals surface area (Å²) in [7, 11) is -3.92. The molecule has 4 atom stereocenters. The van der Waals surface area contributed by atoms with Gasteiger partial charge in [-0.15, -0.1) is 0 Å². The quantitative estimate of drug-likeness (QED) is 0.602. The van der Waals surface area contributed by atoms with Crippen LogP contribution in [0.2, 0.25) is 0 Å². The third-order valence-electron chi connectivity index (χ3n) is 8.39. The minimum atomic E-state index is -3.92. The van der Waals surface area contributed by atoms with E-state index in [0.29, 0.717) is 24.8 Å². The Balaban J connectivity index is 1.71. The molecule has 2 fully saturated rings. The largest absolute Gasteiger partial charge is 0.481 e. The summed E-state index contributed by atoms with van der Waals surface area (Å²) < 4.78 is 30.0. The van der Waals surface area contributed by atoms with Crippen LogP contribution in [0.3, 0.4) is 0 Å². The third kappa shape index (κ3) is 2.56. The van der Waals surface area contributed by atoms with Crippen molar-refractivity contribution in [2.24, 2.45) is 17.8 Å². The Morgan fingerprint density at radius 1 is 1.15 bits per heavy atom. The first kappa shape index (κ1) is 21.5. The summed E-state index contributed by atoms with van der Waals surface area (Å²) in [6.07, 6.45) is 1.87. The standard InChI is InChI=1S/C27H28N2O4S/c1-16-8-10-19(11-9-16)34(32,33)29-23-7-5-4-6-20(23)21-12-13-28-18(3)14-22-24(26(30)31)17(2)15-27(22,28)25(21)29/h4-11,17,22,24H,3,12-15H2,1-2H3,(H,30,31)/t17-,22-,24+,27+/m0/s1. The maximum Gasteiger partial charge on any atom is 0.307 e. The van der Waals surface area contributed by atoms with Gasteiger partial charge in [0.15, 0.2) is 0 Å². The first-order chi connectivity index (χ1) is 16.2. The molecule has 0 unspecified atom stereocenters. The number of aryl methyl sites for hydroxylation is 1. The lowest BCUT2D eigenvalue weighted by Gasteiger charge is -2.45. The van der Waals surface area contributed by atoms with E-state index in [1.807, 2.05) is 50.2 Å². The number of benzene rings is 2. The van der Waals surface area contributed by atoms with Gasteiger partial charge in [-0.1, -0.05) is 49.4 Å². The van der Waals surface area contributed by atoms with Crippen molar-refractivity contribution in [1.82, 2.24) is 8.87 Å². The Bertz CT molecular complexity index is 1470. The molecule has 3 aromatic rings. The van der Waals surface area contributed by atoms with Crippen molar-refractivity contribution in [1.29, 1.82) is 0 Å². The molecule has 0 amide bonds. The minimum absolute atomic E-state index is 0.0717. The van der Waals surface area contributed by atoms with Gasteiger partial charge in [0.2, 0.25) is 0 Å². The van der Waals surface area contributed by atoms with E-state index in [1.165, 1.54) is 3.97 Å². The Morgan fingerprint density at radius 3 is 2.56 bits per heavy atom.